The van der Waals surface area contributed by atoms with E-state index in [-0.39, 0.29) is 6.09 Å². The fourth-order valence-corrected chi connectivity index (χ4v) is 3.21. The topological polar surface area (TPSA) is 50.8 Å². The number of hydrogen-bond acceptors (Lipinski definition) is 4. The number of likely N-dealkylation sites (tertiary alicyclic amines) is 1. The number of carbonyl (C=O) groups is 1. The molecule has 1 amide bonds. The molecule has 5 heteroatoms. The Morgan fingerprint density at radius 3 is 2.86 bits per heavy atom. The maximum atomic E-state index is 11.7. The van der Waals surface area contributed by atoms with E-state index < -0.39 is 0 Å². The molecular weight excluding hydrogens is 280 g/mol. The van der Waals surface area contributed by atoms with Gasteiger partial charge in [0.15, 0.2) is 0 Å². The first kappa shape index (κ1) is 15.2. The zero-order valence-electron chi connectivity index (χ0n) is 13.1. The van der Waals surface area contributed by atoms with Crippen molar-refractivity contribution in [3.63, 3.8) is 0 Å². The molecule has 1 N–H and O–H groups in total. The summed E-state index contributed by atoms with van der Waals surface area (Å²) in [6.45, 7) is 4.53. The Hall–Kier alpha value is -1.75. The number of rotatable bonds is 3. The van der Waals surface area contributed by atoms with Gasteiger partial charge in [-0.15, -0.1) is 0 Å². The number of amides is 1. The van der Waals surface area contributed by atoms with E-state index in [1.54, 1.807) is 4.90 Å². The second kappa shape index (κ2) is 7.01. The first-order chi connectivity index (χ1) is 10.8. The minimum atomic E-state index is -0.184. The van der Waals surface area contributed by atoms with E-state index in [0.717, 1.165) is 44.7 Å². The molecule has 1 aromatic carbocycles. The molecule has 0 unspecified atom stereocenters. The molecule has 3 rings (SSSR count). The molecule has 0 radical (unpaired) electrons. The van der Waals surface area contributed by atoms with Gasteiger partial charge in [-0.05, 0) is 37.8 Å². The Balaban J connectivity index is 1.47. The highest BCUT2D eigenvalue weighted by molar-refractivity contribution is 5.67. The second-order valence-electron chi connectivity index (χ2n) is 5.95. The van der Waals surface area contributed by atoms with E-state index in [9.17, 15) is 4.79 Å². The molecule has 2 aliphatic heterocycles. The molecule has 5 nitrogen and oxygen atoms in total. The van der Waals surface area contributed by atoms with Crippen LogP contribution in [0.4, 0.5) is 4.79 Å². The van der Waals surface area contributed by atoms with Gasteiger partial charge >= 0.3 is 6.09 Å². The number of piperidine rings is 1. The summed E-state index contributed by atoms with van der Waals surface area (Å²) in [4.78, 5) is 13.5. The Morgan fingerprint density at radius 1 is 1.32 bits per heavy atom. The van der Waals surface area contributed by atoms with Crippen molar-refractivity contribution in [2.75, 3.05) is 26.3 Å². The molecule has 2 heterocycles. The van der Waals surface area contributed by atoms with Crippen molar-refractivity contribution < 1.29 is 14.3 Å². The van der Waals surface area contributed by atoms with Crippen molar-refractivity contribution in [3.05, 3.63) is 29.8 Å². The van der Waals surface area contributed by atoms with Gasteiger partial charge in [0.2, 0.25) is 0 Å². The number of benzene rings is 1. The zero-order chi connectivity index (χ0) is 15.4. The van der Waals surface area contributed by atoms with E-state index in [1.807, 2.05) is 19.1 Å². The van der Waals surface area contributed by atoms with Crippen LogP contribution >= 0.6 is 0 Å². The highest BCUT2D eigenvalue weighted by atomic mass is 16.6. The maximum Gasteiger partial charge on any atom is 0.409 e. The van der Waals surface area contributed by atoms with Crippen LogP contribution in [0.3, 0.4) is 0 Å². The number of nitrogens with one attached hydrogen (secondary N) is 1. The van der Waals surface area contributed by atoms with Crippen LogP contribution in [0, 0.1) is 0 Å². The number of hydrogen-bond donors (Lipinski definition) is 1. The van der Waals surface area contributed by atoms with Crippen molar-refractivity contribution in [2.24, 2.45) is 0 Å². The highest BCUT2D eigenvalue weighted by Crippen LogP contribution is 2.24. The molecule has 0 aliphatic carbocycles. The molecule has 120 valence electrons. The summed E-state index contributed by atoms with van der Waals surface area (Å²) in [6.07, 6.45) is 2.76. The van der Waals surface area contributed by atoms with E-state index in [2.05, 4.69) is 17.4 Å². The van der Waals surface area contributed by atoms with Gasteiger partial charge in [0, 0.05) is 25.2 Å². The standard InChI is InChI=1S/C17H24N2O3/c1-2-21-17(20)19-9-7-14(8-10-19)18-15-11-13-5-3-4-6-16(13)22-12-15/h3-6,14-15,18H,2,7-12H2,1H3/t15-/m1/s1. The molecule has 0 aromatic heterocycles. The summed E-state index contributed by atoms with van der Waals surface area (Å²) < 4.78 is 10.9. The van der Waals surface area contributed by atoms with Crippen LogP contribution in [0.25, 0.3) is 0 Å². The average molecular weight is 304 g/mol. The number of nitrogens with zero attached hydrogens (tertiary/aromatic N) is 1. The number of para-hydroxylation sites is 1. The lowest BCUT2D eigenvalue weighted by atomic mass is 9.99. The Kier molecular flexibility index (Phi) is 4.83. The van der Waals surface area contributed by atoms with Gasteiger partial charge in [0.1, 0.15) is 12.4 Å². The smallest absolute Gasteiger partial charge is 0.409 e. The lowest BCUT2D eigenvalue weighted by Crippen LogP contribution is -2.50. The maximum absolute atomic E-state index is 11.7. The molecular formula is C17H24N2O3. The van der Waals surface area contributed by atoms with E-state index in [1.165, 1.54) is 5.56 Å². The van der Waals surface area contributed by atoms with Gasteiger partial charge in [0.25, 0.3) is 0 Å². The fourth-order valence-electron chi connectivity index (χ4n) is 3.21. The average Bonchev–Trinajstić information content (AvgIpc) is 2.56. The quantitative estimate of drug-likeness (QED) is 0.930. The van der Waals surface area contributed by atoms with Crippen LogP contribution < -0.4 is 10.1 Å². The SMILES string of the molecule is CCOC(=O)N1CCC(N[C@H]2COc3ccccc3C2)CC1. The minimum absolute atomic E-state index is 0.184. The van der Waals surface area contributed by atoms with E-state index in [4.69, 9.17) is 9.47 Å². The molecule has 1 fully saturated rings. The summed E-state index contributed by atoms with van der Waals surface area (Å²) in [5, 5.41) is 3.69. The lowest BCUT2D eigenvalue weighted by molar-refractivity contribution is 0.0928. The van der Waals surface area contributed by atoms with Gasteiger partial charge < -0.3 is 19.7 Å². The molecule has 0 bridgehead atoms. The highest BCUT2D eigenvalue weighted by Gasteiger charge is 2.27. The third kappa shape index (κ3) is 3.53. The monoisotopic (exact) mass is 304 g/mol. The number of fused-ring (bicyclic) bond motifs is 1. The summed E-state index contributed by atoms with van der Waals surface area (Å²) in [7, 11) is 0. The Labute approximate surface area is 131 Å². The molecule has 1 saturated heterocycles. The van der Waals surface area contributed by atoms with E-state index >= 15 is 0 Å². The number of carbonyl (C=O) groups excluding carboxylic acids is 1. The molecule has 1 atom stereocenters. The first-order valence-corrected chi connectivity index (χ1v) is 8.14. The van der Waals surface area contributed by atoms with Crippen molar-refractivity contribution in [1.29, 1.82) is 0 Å². The summed E-state index contributed by atoms with van der Waals surface area (Å²) in [5.41, 5.74) is 1.27. The predicted molar refractivity (Wildman–Crippen MR) is 84.2 cm³/mol. The zero-order valence-corrected chi connectivity index (χ0v) is 13.1. The summed E-state index contributed by atoms with van der Waals surface area (Å²) in [5.74, 6) is 1.01. The predicted octanol–water partition coefficient (Wildman–Crippen LogP) is 2.20. The van der Waals surface area contributed by atoms with Crippen LogP contribution in [0.5, 0.6) is 5.75 Å². The van der Waals surface area contributed by atoms with Crippen molar-refractivity contribution >= 4 is 6.09 Å². The summed E-state index contributed by atoms with van der Waals surface area (Å²) >= 11 is 0. The van der Waals surface area contributed by atoms with Crippen LogP contribution in [-0.2, 0) is 11.2 Å². The van der Waals surface area contributed by atoms with Crippen LogP contribution in [-0.4, -0.2) is 49.4 Å². The summed E-state index contributed by atoms with van der Waals surface area (Å²) in [6, 6.07) is 9.04. The van der Waals surface area contributed by atoms with Crippen molar-refractivity contribution in [2.45, 2.75) is 38.3 Å². The molecule has 0 spiro atoms. The molecule has 0 saturated carbocycles. The lowest BCUT2D eigenvalue weighted by Gasteiger charge is -2.35. The van der Waals surface area contributed by atoms with Gasteiger partial charge in [-0.3, -0.25) is 0 Å². The molecule has 1 aromatic rings. The van der Waals surface area contributed by atoms with Gasteiger partial charge in [0.05, 0.1) is 6.61 Å². The minimum Gasteiger partial charge on any atom is -0.492 e. The van der Waals surface area contributed by atoms with E-state index in [0.29, 0.717) is 18.7 Å². The van der Waals surface area contributed by atoms with Gasteiger partial charge in [-0.2, -0.15) is 0 Å². The Morgan fingerprint density at radius 2 is 2.09 bits per heavy atom. The van der Waals surface area contributed by atoms with Crippen molar-refractivity contribution in [1.82, 2.24) is 10.2 Å². The molecule has 2 aliphatic rings. The largest absolute Gasteiger partial charge is 0.492 e. The normalized spacial score (nSPS) is 21.9. The fraction of sp³-hybridized carbons (Fsp3) is 0.588. The van der Waals surface area contributed by atoms with Gasteiger partial charge in [-0.25, -0.2) is 4.79 Å². The Bertz CT molecular complexity index is 512. The van der Waals surface area contributed by atoms with Gasteiger partial charge in [-0.1, -0.05) is 18.2 Å². The first-order valence-electron chi connectivity index (χ1n) is 8.14. The number of ether oxygens (including phenoxy) is 2. The second-order valence-corrected chi connectivity index (χ2v) is 5.95. The van der Waals surface area contributed by atoms with Crippen LogP contribution in [0.1, 0.15) is 25.3 Å². The van der Waals surface area contributed by atoms with Crippen LogP contribution in [0.15, 0.2) is 24.3 Å². The van der Waals surface area contributed by atoms with Crippen molar-refractivity contribution in [3.8, 4) is 5.75 Å². The third-order valence-electron chi connectivity index (χ3n) is 4.37. The van der Waals surface area contributed by atoms with Crippen LogP contribution in [0.2, 0.25) is 0 Å². The third-order valence-corrected chi connectivity index (χ3v) is 4.37. The molecule has 22 heavy (non-hydrogen) atoms.